The first-order valence-electron chi connectivity index (χ1n) is 8.95. The third kappa shape index (κ3) is 3.24. The Hall–Kier alpha value is -3.55. The van der Waals surface area contributed by atoms with Crippen LogP contribution in [0.2, 0.25) is 0 Å². The molecule has 0 bridgehead atoms. The number of rotatable bonds is 6. The lowest BCUT2D eigenvalue weighted by molar-refractivity contribution is 0.340. The summed E-state index contributed by atoms with van der Waals surface area (Å²) in [5.74, 6) is 2.82. The number of tetrazole rings is 1. The fraction of sp³-hybridized carbons (Fsp3) is 0.250. The van der Waals surface area contributed by atoms with Crippen molar-refractivity contribution in [3.05, 3.63) is 59.7 Å². The third-order valence-electron chi connectivity index (χ3n) is 4.56. The maximum Gasteiger partial charge on any atom is 0.248 e. The minimum atomic E-state index is -0.163. The van der Waals surface area contributed by atoms with Crippen LogP contribution >= 0.6 is 0 Å². The Bertz CT molecular complexity index is 997. The number of hydrogen-bond donors (Lipinski definition) is 1. The lowest BCUT2D eigenvalue weighted by Crippen LogP contribution is -2.20. The van der Waals surface area contributed by atoms with Crippen molar-refractivity contribution in [2.75, 3.05) is 26.1 Å². The highest BCUT2D eigenvalue weighted by Crippen LogP contribution is 2.36. The molecule has 4 rings (SSSR count). The van der Waals surface area contributed by atoms with Crippen LogP contribution in [-0.2, 0) is 0 Å². The van der Waals surface area contributed by atoms with Gasteiger partial charge in [0.2, 0.25) is 5.95 Å². The van der Waals surface area contributed by atoms with Gasteiger partial charge in [0.25, 0.3) is 0 Å². The molecule has 0 spiro atoms. The van der Waals surface area contributed by atoms with Gasteiger partial charge in [-0.05, 0) is 53.3 Å². The Kier molecular flexibility index (Phi) is 4.84. The zero-order valence-electron chi connectivity index (χ0n) is 15.9. The van der Waals surface area contributed by atoms with E-state index < -0.39 is 0 Å². The average molecular weight is 379 g/mol. The topological polar surface area (TPSA) is 83.3 Å². The van der Waals surface area contributed by atoms with Crippen LogP contribution < -0.4 is 19.5 Å². The molecule has 1 aromatic heterocycles. The van der Waals surface area contributed by atoms with Crippen LogP contribution in [-0.4, -0.2) is 41.0 Å². The van der Waals surface area contributed by atoms with E-state index in [2.05, 4.69) is 26.9 Å². The highest BCUT2D eigenvalue weighted by Gasteiger charge is 2.25. The summed E-state index contributed by atoms with van der Waals surface area (Å²) in [5.41, 5.74) is 2.80. The zero-order chi connectivity index (χ0) is 19.5. The van der Waals surface area contributed by atoms with Crippen LogP contribution in [0.5, 0.6) is 17.2 Å². The number of hydrogen-bond acceptors (Lipinski definition) is 7. The third-order valence-corrected chi connectivity index (χ3v) is 4.56. The lowest BCUT2D eigenvalue weighted by atomic mass is 10.0. The molecule has 1 unspecified atom stereocenters. The number of nitrogens with one attached hydrogen (secondary N) is 1. The Morgan fingerprint density at radius 3 is 2.54 bits per heavy atom. The predicted octanol–water partition coefficient (Wildman–Crippen LogP) is 3.15. The first kappa shape index (κ1) is 17.8. The van der Waals surface area contributed by atoms with E-state index in [1.54, 1.807) is 18.9 Å². The highest BCUT2D eigenvalue weighted by atomic mass is 16.5. The normalized spacial score (nSPS) is 15.2. The van der Waals surface area contributed by atoms with Crippen LogP contribution in [0.3, 0.4) is 0 Å². The van der Waals surface area contributed by atoms with E-state index in [4.69, 9.17) is 14.2 Å². The minimum Gasteiger partial charge on any atom is -0.497 e. The fourth-order valence-electron chi connectivity index (χ4n) is 3.20. The van der Waals surface area contributed by atoms with Crippen LogP contribution in [0, 0.1) is 0 Å². The Labute approximate surface area is 162 Å². The molecule has 28 heavy (non-hydrogen) atoms. The molecule has 0 amide bonds. The summed E-state index contributed by atoms with van der Waals surface area (Å²) in [7, 11) is 3.26. The molecule has 144 valence electrons. The molecular weight excluding hydrogens is 358 g/mol. The van der Waals surface area contributed by atoms with E-state index in [1.165, 1.54) is 0 Å². The molecule has 0 fully saturated rings. The van der Waals surface area contributed by atoms with Crippen molar-refractivity contribution in [1.29, 1.82) is 0 Å². The summed E-state index contributed by atoms with van der Waals surface area (Å²) in [6, 6.07) is 13.5. The minimum absolute atomic E-state index is 0.163. The average Bonchev–Trinajstić information content (AvgIpc) is 3.22. The number of methoxy groups -OCH3 is 2. The van der Waals surface area contributed by atoms with Crippen molar-refractivity contribution in [3.8, 4) is 17.2 Å². The summed E-state index contributed by atoms with van der Waals surface area (Å²) < 4.78 is 18.1. The Morgan fingerprint density at radius 1 is 1.04 bits per heavy atom. The zero-order valence-corrected chi connectivity index (χ0v) is 15.9. The molecule has 1 aliphatic rings. The molecule has 8 heteroatoms. The van der Waals surface area contributed by atoms with Gasteiger partial charge in [-0.25, -0.2) is 0 Å². The highest BCUT2D eigenvalue weighted by molar-refractivity contribution is 5.80. The molecule has 0 saturated carbocycles. The van der Waals surface area contributed by atoms with Gasteiger partial charge in [-0.2, -0.15) is 4.68 Å². The molecule has 3 aromatic rings. The molecule has 2 aromatic carbocycles. The summed E-state index contributed by atoms with van der Waals surface area (Å²) in [6.07, 6.45) is 2.07. The maximum atomic E-state index is 5.56. The van der Waals surface area contributed by atoms with Crippen LogP contribution in [0.1, 0.15) is 24.1 Å². The standard InChI is InChI=1S/C20H21N5O3/c1-4-28-14-7-5-13(6-8-14)18-12-17(21-20-22-23-24-25(18)20)16-10-9-15(26-2)11-19(16)27-3/h5-12,18H,4H2,1-3H3,(H,21,22,24). The SMILES string of the molecule is CCOc1ccc(C2C=C(c3ccc(OC)cc3OC)Nc3nnnn32)cc1. The Balaban J connectivity index is 1.75. The van der Waals surface area contributed by atoms with E-state index in [0.29, 0.717) is 18.3 Å². The molecule has 0 aliphatic carbocycles. The van der Waals surface area contributed by atoms with Crippen LogP contribution in [0.15, 0.2) is 48.5 Å². The number of nitrogens with zero attached hydrogens (tertiary/aromatic N) is 4. The maximum absolute atomic E-state index is 5.56. The molecule has 1 atom stereocenters. The van der Waals surface area contributed by atoms with Crippen molar-refractivity contribution < 1.29 is 14.2 Å². The fourth-order valence-corrected chi connectivity index (χ4v) is 3.20. The molecule has 1 aliphatic heterocycles. The summed E-state index contributed by atoms with van der Waals surface area (Å²) in [6.45, 7) is 2.59. The quantitative estimate of drug-likeness (QED) is 0.704. The van der Waals surface area contributed by atoms with Gasteiger partial charge < -0.3 is 19.5 Å². The molecule has 0 radical (unpaired) electrons. The van der Waals surface area contributed by atoms with Gasteiger partial charge in [-0.1, -0.05) is 17.2 Å². The van der Waals surface area contributed by atoms with Gasteiger partial charge >= 0.3 is 0 Å². The van der Waals surface area contributed by atoms with Crippen molar-refractivity contribution >= 4 is 11.6 Å². The van der Waals surface area contributed by atoms with E-state index in [0.717, 1.165) is 28.3 Å². The van der Waals surface area contributed by atoms with E-state index >= 15 is 0 Å². The summed E-state index contributed by atoms with van der Waals surface area (Å²) >= 11 is 0. The van der Waals surface area contributed by atoms with E-state index in [9.17, 15) is 0 Å². The van der Waals surface area contributed by atoms with Crippen molar-refractivity contribution in [2.45, 2.75) is 13.0 Å². The Morgan fingerprint density at radius 2 is 1.82 bits per heavy atom. The first-order chi connectivity index (χ1) is 13.7. The second kappa shape index (κ2) is 7.59. The van der Waals surface area contributed by atoms with Gasteiger partial charge in [0.1, 0.15) is 23.3 Å². The number of allylic oxidation sites excluding steroid dienone is 1. The molecule has 2 heterocycles. The lowest BCUT2D eigenvalue weighted by Gasteiger charge is -2.24. The van der Waals surface area contributed by atoms with Gasteiger partial charge in [0, 0.05) is 11.6 Å². The van der Waals surface area contributed by atoms with E-state index in [-0.39, 0.29) is 6.04 Å². The molecule has 0 saturated heterocycles. The van der Waals surface area contributed by atoms with Gasteiger partial charge in [0.15, 0.2) is 0 Å². The summed E-state index contributed by atoms with van der Waals surface area (Å²) in [5, 5.41) is 15.3. The second-order valence-electron chi connectivity index (χ2n) is 6.17. The van der Waals surface area contributed by atoms with Crippen LogP contribution in [0.4, 0.5) is 5.95 Å². The van der Waals surface area contributed by atoms with Gasteiger partial charge in [-0.3, -0.25) is 0 Å². The molecule has 8 nitrogen and oxygen atoms in total. The smallest absolute Gasteiger partial charge is 0.248 e. The summed E-state index contributed by atoms with van der Waals surface area (Å²) in [4.78, 5) is 0. The van der Waals surface area contributed by atoms with E-state index in [1.807, 2.05) is 49.4 Å². The van der Waals surface area contributed by atoms with Gasteiger partial charge in [-0.15, -0.1) is 0 Å². The molecular formula is C20H21N5O3. The number of fused-ring (bicyclic) bond motifs is 1. The number of ether oxygens (including phenoxy) is 3. The number of anilines is 1. The second-order valence-corrected chi connectivity index (χ2v) is 6.17. The molecule has 1 N–H and O–H groups in total. The number of benzene rings is 2. The van der Waals surface area contributed by atoms with Gasteiger partial charge in [0.05, 0.1) is 26.5 Å². The monoisotopic (exact) mass is 379 g/mol. The first-order valence-corrected chi connectivity index (χ1v) is 8.95. The van der Waals surface area contributed by atoms with Crippen molar-refractivity contribution in [3.63, 3.8) is 0 Å². The number of aromatic nitrogens is 4. The van der Waals surface area contributed by atoms with Crippen molar-refractivity contribution in [1.82, 2.24) is 20.2 Å². The van der Waals surface area contributed by atoms with Crippen LogP contribution in [0.25, 0.3) is 5.70 Å². The van der Waals surface area contributed by atoms with Crippen molar-refractivity contribution in [2.24, 2.45) is 0 Å². The largest absolute Gasteiger partial charge is 0.497 e. The predicted molar refractivity (Wildman–Crippen MR) is 105 cm³/mol.